The fraction of sp³-hybridized carbons (Fsp3) is 0.625. The number of amides is 1. The highest BCUT2D eigenvalue weighted by atomic mass is 16.5. The van der Waals surface area contributed by atoms with Gasteiger partial charge in [0.05, 0.1) is 17.7 Å². The van der Waals surface area contributed by atoms with Crippen molar-refractivity contribution < 1.29 is 9.53 Å². The lowest BCUT2D eigenvalue weighted by molar-refractivity contribution is 0.0753. The van der Waals surface area contributed by atoms with Gasteiger partial charge in [-0.1, -0.05) is 0 Å². The Hall–Kier alpha value is -1.66. The molecule has 1 aromatic heterocycles. The van der Waals surface area contributed by atoms with Gasteiger partial charge in [0, 0.05) is 46.5 Å². The largest absolute Gasteiger partial charge is 0.378 e. The van der Waals surface area contributed by atoms with Crippen LogP contribution >= 0.6 is 0 Å². The maximum atomic E-state index is 12.4. The fourth-order valence-electron chi connectivity index (χ4n) is 2.64. The summed E-state index contributed by atoms with van der Waals surface area (Å²) in [6.07, 6.45) is 1.64. The van der Waals surface area contributed by atoms with Crippen molar-refractivity contribution in [2.45, 2.75) is 32.0 Å². The van der Waals surface area contributed by atoms with Crippen molar-refractivity contribution in [3.8, 4) is 0 Å². The number of nitrogens with one attached hydrogen (secondary N) is 1. The summed E-state index contributed by atoms with van der Waals surface area (Å²) in [5, 5.41) is 3.07. The van der Waals surface area contributed by atoms with Crippen LogP contribution in [0.15, 0.2) is 18.3 Å². The van der Waals surface area contributed by atoms with E-state index in [0.717, 1.165) is 18.9 Å². The van der Waals surface area contributed by atoms with Crippen LogP contribution in [0.3, 0.4) is 0 Å². The molecule has 2 rings (SSSR count). The molecule has 0 unspecified atom stereocenters. The predicted octanol–water partition coefficient (Wildman–Crippen LogP) is 0.985. The molecule has 122 valence electrons. The van der Waals surface area contributed by atoms with Crippen LogP contribution in [0.4, 0.5) is 5.82 Å². The molecule has 1 saturated heterocycles. The van der Waals surface area contributed by atoms with E-state index >= 15 is 0 Å². The molecular formula is C16H26N4O2. The van der Waals surface area contributed by atoms with E-state index in [4.69, 9.17) is 4.74 Å². The Labute approximate surface area is 132 Å². The van der Waals surface area contributed by atoms with E-state index in [1.54, 1.807) is 19.4 Å². The zero-order valence-electron chi connectivity index (χ0n) is 14.0. The van der Waals surface area contributed by atoms with Gasteiger partial charge in [-0.05, 0) is 26.0 Å². The monoisotopic (exact) mass is 306 g/mol. The predicted molar refractivity (Wildman–Crippen MR) is 87.3 cm³/mol. The van der Waals surface area contributed by atoms with Crippen molar-refractivity contribution in [1.82, 2.24) is 15.2 Å². The summed E-state index contributed by atoms with van der Waals surface area (Å²) in [6, 6.07) is 4.10. The molecule has 0 aromatic carbocycles. The first kappa shape index (κ1) is 16.7. The Morgan fingerprint density at radius 3 is 2.64 bits per heavy atom. The van der Waals surface area contributed by atoms with E-state index in [9.17, 15) is 4.79 Å². The molecular weight excluding hydrogens is 280 g/mol. The zero-order valence-corrected chi connectivity index (χ0v) is 14.0. The molecule has 0 spiro atoms. The minimum absolute atomic E-state index is 0.00780. The summed E-state index contributed by atoms with van der Waals surface area (Å²) < 4.78 is 5.51. The van der Waals surface area contributed by atoms with Crippen LogP contribution in [0.1, 0.15) is 24.2 Å². The van der Waals surface area contributed by atoms with Gasteiger partial charge in [-0.25, -0.2) is 4.98 Å². The highest BCUT2D eigenvalue weighted by molar-refractivity contribution is 5.94. The SMILES string of the molecule is CO[C@@H]1CN(C(C)C)C[C@H]1NC(=O)c1ccc(N(C)C)nc1. The van der Waals surface area contributed by atoms with Crippen molar-refractivity contribution in [3.05, 3.63) is 23.9 Å². The second-order valence-corrected chi connectivity index (χ2v) is 6.20. The minimum atomic E-state index is -0.101. The molecule has 1 N–H and O–H groups in total. The van der Waals surface area contributed by atoms with Crippen LogP contribution in [0.5, 0.6) is 0 Å². The Bertz CT molecular complexity index is 501. The van der Waals surface area contributed by atoms with Gasteiger partial charge >= 0.3 is 0 Å². The summed E-state index contributed by atoms with van der Waals surface area (Å²) in [5.74, 6) is 0.730. The molecule has 0 aliphatic carbocycles. The summed E-state index contributed by atoms with van der Waals surface area (Å²) in [6.45, 7) is 5.96. The van der Waals surface area contributed by atoms with Gasteiger partial charge in [-0.15, -0.1) is 0 Å². The second kappa shape index (κ2) is 7.07. The molecule has 6 nitrogen and oxygen atoms in total. The van der Waals surface area contributed by atoms with E-state index < -0.39 is 0 Å². The second-order valence-electron chi connectivity index (χ2n) is 6.20. The minimum Gasteiger partial charge on any atom is -0.378 e. The topological polar surface area (TPSA) is 57.7 Å². The highest BCUT2D eigenvalue weighted by Gasteiger charge is 2.35. The molecule has 1 fully saturated rings. The van der Waals surface area contributed by atoms with Crippen LogP contribution in [0, 0.1) is 0 Å². The molecule has 1 aliphatic heterocycles. The van der Waals surface area contributed by atoms with Gasteiger partial charge in [0.1, 0.15) is 5.82 Å². The Morgan fingerprint density at radius 2 is 2.14 bits per heavy atom. The lowest BCUT2D eigenvalue weighted by Crippen LogP contribution is -2.43. The molecule has 22 heavy (non-hydrogen) atoms. The van der Waals surface area contributed by atoms with Crippen LogP contribution in [-0.2, 0) is 4.74 Å². The van der Waals surface area contributed by atoms with Gasteiger partial charge in [-0.2, -0.15) is 0 Å². The Balaban J connectivity index is 2.01. The molecule has 0 saturated carbocycles. The van der Waals surface area contributed by atoms with Crippen LogP contribution in [0.2, 0.25) is 0 Å². The summed E-state index contributed by atoms with van der Waals surface area (Å²) in [4.78, 5) is 20.9. The maximum absolute atomic E-state index is 12.4. The number of aromatic nitrogens is 1. The van der Waals surface area contributed by atoms with Crippen LogP contribution in [0.25, 0.3) is 0 Å². The standard InChI is InChI=1S/C16H26N4O2/c1-11(2)20-9-13(14(10-20)22-5)18-16(21)12-6-7-15(17-8-12)19(3)4/h6-8,11,13-14H,9-10H2,1-5H3,(H,18,21)/t13-,14-/m1/s1. The number of hydrogen-bond donors (Lipinski definition) is 1. The quantitative estimate of drug-likeness (QED) is 0.879. The lowest BCUT2D eigenvalue weighted by Gasteiger charge is -2.20. The average Bonchev–Trinajstić information content (AvgIpc) is 2.90. The van der Waals surface area contributed by atoms with Crippen molar-refractivity contribution in [3.63, 3.8) is 0 Å². The van der Waals surface area contributed by atoms with Crippen molar-refractivity contribution >= 4 is 11.7 Å². The van der Waals surface area contributed by atoms with Gasteiger partial charge in [0.15, 0.2) is 0 Å². The van der Waals surface area contributed by atoms with Gasteiger partial charge in [0.25, 0.3) is 5.91 Å². The third-order valence-corrected chi connectivity index (χ3v) is 4.11. The first-order chi connectivity index (χ1) is 10.4. The van der Waals surface area contributed by atoms with Crippen LogP contribution < -0.4 is 10.2 Å². The zero-order chi connectivity index (χ0) is 16.3. The number of pyridine rings is 1. The van der Waals surface area contributed by atoms with Crippen molar-refractivity contribution in [2.24, 2.45) is 0 Å². The fourth-order valence-corrected chi connectivity index (χ4v) is 2.64. The number of anilines is 1. The molecule has 0 bridgehead atoms. The van der Waals surface area contributed by atoms with E-state index in [-0.39, 0.29) is 18.1 Å². The number of rotatable bonds is 5. The molecule has 0 radical (unpaired) electrons. The first-order valence-corrected chi connectivity index (χ1v) is 7.63. The molecule has 1 amide bonds. The molecule has 2 heterocycles. The average molecular weight is 306 g/mol. The smallest absolute Gasteiger partial charge is 0.253 e. The number of methoxy groups -OCH3 is 1. The Morgan fingerprint density at radius 1 is 1.41 bits per heavy atom. The summed E-state index contributed by atoms with van der Waals surface area (Å²) >= 11 is 0. The molecule has 2 atom stereocenters. The van der Waals surface area contributed by atoms with E-state index in [1.165, 1.54) is 0 Å². The summed E-state index contributed by atoms with van der Waals surface area (Å²) in [5.41, 5.74) is 0.573. The van der Waals surface area contributed by atoms with Gasteiger partial charge < -0.3 is 15.0 Å². The normalized spacial score (nSPS) is 22.1. The van der Waals surface area contributed by atoms with Gasteiger partial charge in [-0.3, -0.25) is 9.69 Å². The highest BCUT2D eigenvalue weighted by Crippen LogP contribution is 2.16. The van der Waals surface area contributed by atoms with E-state index in [1.807, 2.05) is 25.1 Å². The summed E-state index contributed by atoms with van der Waals surface area (Å²) in [7, 11) is 5.54. The van der Waals surface area contributed by atoms with E-state index in [2.05, 4.69) is 29.0 Å². The first-order valence-electron chi connectivity index (χ1n) is 7.63. The maximum Gasteiger partial charge on any atom is 0.253 e. The molecule has 1 aliphatic rings. The number of carbonyl (C=O) groups excluding carboxylic acids is 1. The van der Waals surface area contributed by atoms with Gasteiger partial charge in [0.2, 0.25) is 0 Å². The molecule has 1 aromatic rings. The van der Waals surface area contributed by atoms with E-state index in [0.29, 0.717) is 11.6 Å². The lowest BCUT2D eigenvalue weighted by atomic mass is 10.2. The number of nitrogens with zero attached hydrogens (tertiary/aromatic N) is 3. The number of ether oxygens (including phenoxy) is 1. The Kier molecular flexibility index (Phi) is 5.37. The number of likely N-dealkylation sites (tertiary alicyclic amines) is 1. The third kappa shape index (κ3) is 3.75. The number of hydrogen-bond acceptors (Lipinski definition) is 5. The van der Waals surface area contributed by atoms with Crippen LogP contribution in [-0.4, -0.2) is 68.3 Å². The van der Waals surface area contributed by atoms with Crippen molar-refractivity contribution in [2.75, 3.05) is 39.2 Å². The molecule has 6 heteroatoms. The number of carbonyl (C=O) groups is 1. The third-order valence-electron chi connectivity index (χ3n) is 4.11. The van der Waals surface area contributed by atoms with Crippen molar-refractivity contribution in [1.29, 1.82) is 0 Å².